The topological polar surface area (TPSA) is 33.0 Å². The number of halogens is 6. The van der Waals surface area contributed by atoms with E-state index in [1.54, 1.807) is 0 Å². The van der Waals surface area contributed by atoms with Crippen LogP contribution in [0.4, 0.5) is 22.0 Å². The van der Waals surface area contributed by atoms with Gasteiger partial charge < -0.3 is 4.74 Å². The summed E-state index contributed by atoms with van der Waals surface area (Å²) >= 11 is 2.75. The zero-order valence-electron chi connectivity index (χ0n) is 8.56. The van der Waals surface area contributed by atoms with Crippen molar-refractivity contribution in [1.82, 2.24) is 0 Å². The van der Waals surface area contributed by atoms with E-state index in [2.05, 4.69) is 20.7 Å². The lowest BCUT2D eigenvalue weighted by Crippen LogP contribution is -2.27. The maximum atomic E-state index is 13.2. The summed E-state index contributed by atoms with van der Waals surface area (Å²) < 4.78 is 67.0. The second-order valence-corrected chi connectivity index (χ2v) is 4.09. The first-order valence-corrected chi connectivity index (χ1v) is 5.28. The van der Waals surface area contributed by atoms with E-state index < -0.39 is 36.1 Å². The number of hydrogen-bond acceptors (Lipinski definition) is 2. The van der Waals surface area contributed by atoms with E-state index >= 15 is 0 Å². The highest BCUT2D eigenvalue weighted by molar-refractivity contribution is 9.10. The van der Waals surface area contributed by atoms with Crippen LogP contribution < -0.4 is 4.74 Å². The van der Waals surface area contributed by atoms with Crippen molar-refractivity contribution >= 4 is 15.9 Å². The number of benzene rings is 1. The zero-order chi connectivity index (χ0) is 13.9. The molecule has 0 N–H and O–H groups in total. The predicted molar refractivity (Wildman–Crippen MR) is 54.7 cm³/mol. The molecule has 18 heavy (non-hydrogen) atoms. The molecule has 0 radical (unpaired) electrons. The lowest BCUT2D eigenvalue weighted by Gasteiger charge is -2.15. The molecule has 1 aromatic rings. The maximum absolute atomic E-state index is 13.2. The van der Waals surface area contributed by atoms with Gasteiger partial charge >= 0.3 is 6.18 Å². The Hall–Kier alpha value is -1.36. The van der Waals surface area contributed by atoms with Crippen LogP contribution in [0, 0.1) is 28.9 Å². The second-order valence-electron chi connectivity index (χ2n) is 3.23. The lowest BCUT2D eigenvalue weighted by molar-refractivity contribution is -0.165. The molecule has 1 aromatic carbocycles. The molecule has 98 valence electrons. The van der Waals surface area contributed by atoms with Crippen LogP contribution in [0.15, 0.2) is 16.6 Å². The van der Waals surface area contributed by atoms with Crippen LogP contribution in [0.25, 0.3) is 0 Å². The number of ether oxygens (including phenoxy) is 1. The lowest BCUT2D eigenvalue weighted by atomic mass is 10.2. The van der Waals surface area contributed by atoms with Crippen molar-refractivity contribution in [2.24, 2.45) is 5.92 Å². The number of rotatable bonds is 3. The molecular weight excluding hydrogens is 325 g/mol. The van der Waals surface area contributed by atoms with Gasteiger partial charge in [0.25, 0.3) is 0 Å². The van der Waals surface area contributed by atoms with Crippen molar-refractivity contribution in [3.63, 3.8) is 0 Å². The first kappa shape index (κ1) is 14.7. The monoisotopic (exact) mass is 329 g/mol. The Labute approximate surface area is 107 Å². The fourth-order valence-corrected chi connectivity index (χ4v) is 1.56. The fourth-order valence-electron chi connectivity index (χ4n) is 1.04. The smallest absolute Gasteiger partial charge is 0.407 e. The summed E-state index contributed by atoms with van der Waals surface area (Å²) in [5.74, 6) is -5.00. The standard InChI is InChI=1S/C10H5BrF5NO/c11-7-1-6(12)2-8(13)9(7)18-4-5(3-17)10(14,15)16/h1-2,5H,4H2. The average molecular weight is 330 g/mol. The van der Waals surface area contributed by atoms with Crippen LogP contribution in [0.2, 0.25) is 0 Å². The van der Waals surface area contributed by atoms with Crippen LogP contribution >= 0.6 is 15.9 Å². The summed E-state index contributed by atoms with van der Waals surface area (Å²) in [6.45, 7) is -1.07. The minimum absolute atomic E-state index is 0.168. The second kappa shape index (κ2) is 5.52. The van der Waals surface area contributed by atoms with E-state index in [4.69, 9.17) is 5.26 Å². The molecule has 1 rings (SSSR count). The molecule has 0 aliphatic rings. The summed E-state index contributed by atoms with van der Waals surface area (Å²) in [7, 11) is 0. The first-order chi connectivity index (χ1) is 8.25. The molecular formula is C10H5BrF5NO. The highest BCUT2D eigenvalue weighted by Gasteiger charge is 2.40. The maximum Gasteiger partial charge on any atom is 0.407 e. The van der Waals surface area contributed by atoms with Gasteiger partial charge in [0.2, 0.25) is 0 Å². The van der Waals surface area contributed by atoms with Crippen molar-refractivity contribution in [1.29, 1.82) is 5.26 Å². The largest absolute Gasteiger partial charge is 0.488 e. The third-order valence-corrected chi connectivity index (χ3v) is 2.50. The van der Waals surface area contributed by atoms with Gasteiger partial charge in [-0.15, -0.1) is 0 Å². The summed E-state index contributed by atoms with van der Waals surface area (Å²) in [5, 5.41) is 8.31. The normalized spacial score (nSPS) is 12.9. The van der Waals surface area contributed by atoms with Gasteiger partial charge in [-0.1, -0.05) is 0 Å². The summed E-state index contributed by atoms with van der Waals surface area (Å²) in [6, 6.07) is 2.31. The molecule has 0 saturated carbocycles. The van der Waals surface area contributed by atoms with Crippen LogP contribution in [-0.2, 0) is 0 Å². The van der Waals surface area contributed by atoms with Gasteiger partial charge in [0, 0.05) is 6.07 Å². The van der Waals surface area contributed by atoms with Crippen LogP contribution in [0.5, 0.6) is 5.75 Å². The summed E-state index contributed by atoms with van der Waals surface area (Å²) in [5.41, 5.74) is 0. The van der Waals surface area contributed by atoms with Gasteiger partial charge in [-0.25, -0.2) is 8.78 Å². The Morgan fingerprint density at radius 3 is 2.39 bits per heavy atom. The number of alkyl halides is 3. The molecule has 0 fully saturated rings. The Bertz CT molecular complexity index is 459. The molecule has 8 heteroatoms. The van der Waals surface area contributed by atoms with Gasteiger partial charge in [-0.3, -0.25) is 0 Å². The van der Waals surface area contributed by atoms with Crippen LogP contribution in [0.1, 0.15) is 0 Å². The summed E-state index contributed by atoms with van der Waals surface area (Å²) in [4.78, 5) is 0. The van der Waals surface area contributed by atoms with Gasteiger partial charge in [-0.2, -0.15) is 18.4 Å². The number of hydrogen-bond donors (Lipinski definition) is 0. The minimum Gasteiger partial charge on any atom is -0.488 e. The van der Waals surface area contributed by atoms with Gasteiger partial charge in [-0.05, 0) is 22.0 Å². The fraction of sp³-hybridized carbons (Fsp3) is 0.300. The van der Waals surface area contributed by atoms with E-state index in [1.807, 2.05) is 0 Å². The molecule has 0 heterocycles. The van der Waals surface area contributed by atoms with E-state index in [1.165, 1.54) is 0 Å². The van der Waals surface area contributed by atoms with Gasteiger partial charge in [0.15, 0.2) is 17.5 Å². The third-order valence-electron chi connectivity index (χ3n) is 1.91. The molecule has 0 aromatic heterocycles. The van der Waals surface area contributed by atoms with Gasteiger partial charge in [0.05, 0.1) is 10.5 Å². The average Bonchev–Trinajstić information content (AvgIpc) is 2.19. The third kappa shape index (κ3) is 3.57. The quantitative estimate of drug-likeness (QED) is 0.790. The predicted octanol–water partition coefficient (Wildman–Crippen LogP) is 3.81. The van der Waals surface area contributed by atoms with Crippen LogP contribution in [-0.4, -0.2) is 12.8 Å². The molecule has 1 unspecified atom stereocenters. The highest BCUT2D eigenvalue weighted by atomic mass is 79.9. The Morgan fingerprint density at radius 1 is 1.33 bits per heavy atom. The molecule has 0 spiro atoms. The molecule has 1 atom stereocenters. The number of nitrogens with zero attached hydrogens (tertiary/aromatic N) is 1. The van der Waals surface area contributed by atoms with Crippen molar-refractivity contribution in [2.75, 3.05) is 6.61 Å². The Morgan fingerprint density at radius 2 is 1.94 bits per heavy atom. The zero-order valence-corrected chi connectivity index (χ0v) is 10.1. The van der Waals surface area contributed by atoms with E-state index in [9.17, 15) is 22.0 Å². The number of nitriles is 1. The highest BCUT2D eigenvalue weighted by Crippen LogP contribution is 2.31. The van der Waals surface area contributed by atoms with Crippen LogP contribution in [0.3, 0.4) is 0 Å². The summed E-state index contributed by atoms with van der Waals surface area (Å²) in [6.07, 6.45) is -4.77. The molecule has 0 aliphatic heterocycles. The van der Waals surface area contributed by atoms with Crippen molar-refractivity contribution in [3.8, 4) is 11.8 Å². The SMILES string of the molecule is N#CC(COc1c(F)cc(F)cc1Br)C(F)(F)F. The van der Waals surface area contributed by atoms with Crippen molar-refractivity contribution < 1.29 is 26.7 Å². The van der Waals surface area contributed by atoms with E-state index in [0.717, 1.165) is 12.1 Å². The van der Waals surface area contributed by atoms with E-state index in [-0.39, 0.29) is 4.47 Å². The Balaban J connectivity index is 2.85. The Kier molecular flexibility index (Phi) is 4.51. The molecule has 2 nitrogen and oxygen atoms in total. The first-order valence-electron chi connectivity index (χ1n) is 4.49. The van der Waals surface area contributed by atoms with E-state index in [0.29, 0.717) is 6.07 Å². The van der Waals surface area contributed by atoms with Crippen molar-refractivity contribution in [3.05, 3.63) is 28.2 Å². The molecule has 0 amide bonds. The molecule has 0 aliphatic carbocycles. The van der Waals surface area contributed by atoms with Gasteiger partial charge in [0.1, 0.15) is 12.4 Å². The molecule has 0 saturated heterocycles. The molecule has 0 bridgehead atoms. The van der Waals surface area contributed by atoms with Crippen molar-refractivity contribution in [2.45, 2.75) is 6.18 Å². The minimum atomic E-state index is -4.77.